The van der Waals surface area contributed by atoms with Gasteiger partial charge in [0.05, 0.1) is 23.0 Å². The van der Waals surface area contributed by atoms with Crippen molar-refractivity contribution < 1.29 is 31.8 Å². The van der Waals surface area contributed by atoms with Gasteiger partial charge in [-0.05, 0) is 66.3 Å². The maximum atomic E-state index is 14.5. The van der Waals surface area contributed by atoms with Crippen molar-refractivity contribution in [2.24, 2.45) is 23.5 Å². The molecule has 3 atom stereocenters. The maximum absolute atomic E-state index is 14.5. The number of nitrogens with two attached hydrogens (primary N) is 1. The minimum Gasteiger partial charge on any atom is -0.364 e. The van der Waals surface area contributed by atoms with E-state index >= 15 is 0 Å². The number of H-pyrrole nitrogens is 1. The van der Waals surface area contributed by atoms with Crippen molar-refractivity contribution in [2.75, 3.05) is 0 Å². The topological polar surface area (TPSA) is 140 Å². The van der Waals surface area contributed by atoms with Gasteiger partial charge in [-0.1, -0.05) is 11.2 Å². The molecule has 3 saturated carbocycles. The second kappa shape index (κ2) is 9.84. The zero-order valence-electron chi connectivity index (χ0n) is 21.6. The van der Waals surface area contributed by atoms with Gasteiger partial charge in [0.25, 0.3) is 5.91 Å². The minimum absolute atomic E-state index is 0.0664. The molecule has 214 valence electrons. The van der Waals surface area contributed by atoms with Gasteiger partial charge < -0.3 is 16.0 Å². The van der Waals surface area contributed by atoms with Crippen molar-refractivity contribution in [1.82, 2.24) is 25.6 Å². The van der Waals surface area contributed by atoms with E-state index in [2.05, 4.69) is 25.6 Å². The number of imidazole rings is 1. The Balaban J connectivity index is 1.29. The van der Waals surface area contributed by atoms with Crippen LogP contribution in [0, 0.1) is 17.8 Å². The van der Waals surface area contributed by atoms with Crippen LogP contribution in [0.25, 0.3) is 11.0 Å². The van der Waals surface area contributed by atoms with E-state index in [0.29, 0.717) is 29.7 Å². The highest BCUT2D eigenvalue weighted by atomic mass is 19.3. The number of nitrogens with one attached hydrogen (secondary N) is 2. The van der Waals surface area contributed by atoms with Crippen LogP contribution in [0.2, 0.25) is 0 Å². The van der Waals surface area contributed by atoms with Crippen LogP contribution in [-0.2, 0) is 4.79 Å². The summed E-state index contributed by atoms with van der Waals surface area (Å²) in [5, 5.41) is 10.5. The van der Waals surface area contributed by atoms with Crippen LogP contribution < -0.4 is 11.1 Å². The third-order valence-electron chi connectivity index (χ3n) is 8.43. The molecule has 40 heavy (non-hydrogen) atoms. The normalized spacial score (nSPS) is 23.9. The number of carbonyl (C=O) groups excluding carboxylic acids is 2. The van der Waals surface area contributed by atoms with Gasteiger partial charge >= 0.3 is 0 Å². The first-order chi connectivity index (χ1) is 19.0. The Bertz CT molecular complexity index is 1430. The summed E-state index contributed by atoms with van der Waals surface area (Å²) in [6, 6.07) is 5.21. The molecule has 4 N–H and O–H groups in total. The number of nitrogens with zero attached hydrogens (tertiary/aromatic N) is 3. The first kappa shape index (κ1) is 26.7. The second-order valence-corrected chi connectivity index (χ2v) is 11.7. The van der Waals surface area contributed by atoms with Crippen LogP contribution in [0.1, 0.15) is 97.3 Å². The summed E-state index contributed by atoms with van der Waals surface area (Å²) in [5.74, 6) is -7.82. The van der Waals surface area contributed by atoms with E-state index in [1.165, 1.54) is 0 Å². The largest absolute Gasteiger partial charge is 0.364 e. The molecule has 9 nitrogen and oxygen atoms in total. The number of amides is 2. The van der Waals surface area contributed by atoms with E-state index in [4.69, 9.17) is 10.4 Å². The molecule has 0 saturated heterocycles. The van der Waals surface area contributed by atoms with Crippen molar-refractivity contribution in [2.45, 2.75) is 81.6 Å². The fourth-order valence-electron chi connectivity index (χ4n) is 6.36. The summed E-state index contributed by atoms with van der Waals surface area (Å²) in [7, 11) is 0. The molecule has 3 fully saturated rings. The quantitative estimate of drug-likeness (QED) is 0.314. The molecule has 13 heteroatoms. The van der Waals surface area contributed by atoms with Gasteiger partial charge in [-0.2, -0.15) is 0 Å². The Morgan fingerprint density at radius 2 is 1.85 bits per heavy atom. The van der Waals surface area contributed by atoms with E-state index in [9.17, 15) is 27.2 Å². The molecule has 0 bridgehead atoms. The van der Waals surface area contributed by atoms with Crippen LogP contribution in [0.3, 0.4) is 0 Å². The monoisotopic (exact) mass is 562 g/mol. The number of aromatic nitrogens is 4. The Hall–Kier alpha value is -3.51. The smallest absolute Gasteiger partial charge is 0.272 e. The molecule has 2 aromatic heterocycles. The van der Waals surface area contributed by atoms with Crippen molar-refractivity contribution in [3.05, 3.63) is 41.0 Å². The van der Waals surface area contributed by atoms with Crippen molar-refractivity contribution in [1.29, 1.82) is 0 Å². The molecule has 2 heterocycles. The standard InChI is InChI=1S/C27H30F4N6O3/c28-26(29)7-1-2-16(12-26)20(22-23(24(32)39)37-40-36-22)25-33-17-6-5-15(9-18(17)34-25)21(14-3-4-14)35-19(38)8-13-10-27(30,31)11-13/h5-6,9,13-14,16,20-21H,1-4,7-8,10-12H2,(H2,32,39)(H,33,34)(H,35,38)/t16-,20-,21+/m0/s1. The molecular weight excluding hydrogens is 532 g/mol. The van der Waals surface area contributed by atoms with E-state index in [0.717, 1.165) is 18.4 Å². The number of rotatable bonds is 9. The zero-order chi connectivity index (χ0) is 28.2. The second-order valence-electron chi connectivity index (χ2n) is 11.7. The van der Waals surface area contributed by atoms with E-state index in [1.54, 1.807) is 6.07 Å². The van der Waals surface area contributed by atoms with Gasteiger partial charge in [-0.3, -0.25) is 9.59 Å². The molecule has 0 radical (unpaired) electrons. The van der Waals surface area contributed by atoms with Crippen LogP contribution in [0.4, 0.5) is 17.6 Å². The van der Waals surface area contributed by atoms with E-state index in [-0.39, 0.29) is 60.9 Å². The number of hydrogen-bond donors (Lipinski definition) is 3. The fraction of sp³-hybridized carbons (Fsp3) is 0.593. The molecule has 0 spiro atoms. The highest BCUT2D eigenvalue weighted by Crippen LogP contribution is 2.47. The molecule has 0 aliphatic heterocycles. The van der Waals surface area contributed by atoms with Crippen molar-refractivity contribution in [3.8, 4) is 0 Å². The fourth-order valence-corrected chi connectivity index (χ4v) is 6.36. The highest BCUT2D eigenvalue weighted by Gasteiger charge is 2.46. The van der Waals surface area contributed by atoms with Crippen LogP contribution in [0.15, 0.2) is 22.8 Å². The Morgan fingerprint density at radius 1 is 1.07 bits per heavy atom. The number of aromatic amines is 1. The third kappa shape index (κ3) is 5.42. The molecule has 6 rings (SSSR count). The molecule has 0 unspecified atom stereocenters. The van der Waals surface area contributed by atoms with Crippen LogP contribution in [-0.4, -0.2) is 43.9 Å². The van der Waals surface area contributed by atoms with E-state index in [1.807, 2.05) is 12.1 Å². The number of fused-ring (bicyclic) bond motifs is 1. The summed E-state index contributed by atoms with van der Waals surface area (Å²) in [4.78, 5) is 32.6. The number of carbonyl (C=O) groups is 2. The molecule has 2 amide bonds. The van der Waals surface area contributed by atoms with Gasteiger partial charge in [0.1, 0.15) is 11.5 Å². The van der Waals surface area contributed by atoms with Crippen LogP contribution >= 0.6 is 0 Å². The van der Waals surface area contributed by atoms with Crippen molar-refractivity contribution >= 4 is 22.8 Å². The Morgan fingerprint density at radius 3 is 2.52 bits per heavy atom. The Kier molecular flexibility index (Phi) is 6.57. The zero-order valence-corrected chi connectivity index (χ0v) is 21.6. The number of primary amides is 1. The number of hydrogen-bond acceptors (Lipinski definition) is 6. The molecule has 3 aliphatic carbocycles. The van der Waals surface area contributed by atoms with Crippen LogP contribution in [0.5, 0.6) is 0 Å². The summed E-state index contributed by atoms with van der Waals surface area (Å²) in [5.41, 5.74) is 7.34. The van der Waals surface area contributed by atoms with Gasteiger partial charge in [-0.25, -0.2) is 27.2 Å². The first-order valence-corrected chi connectivity index (χ1v) is 13.6. The average Bonchev–Trinajstić information content (AvgIpc) is 3.42. The molecule has 3 aromatic rings. The van der Waals surface area contributed by atoms with Gasteiger partial charge in [0.2, 0.25) is 17.8 Å². The number of halogens is 4. The maximum Gasteiger partial charge on any atom is 0.272 e. The lowest BCUT2D eigenvalue weighted by Crippen LogP contribution is -2.39. The lowest BCUT2D eigenvalue weighted by Gasteiger charge is -2.34. The lowest BCUT2D eigenvalue weighted by molar-refractivity contribution is -0.134. The molecule has 1 aromatic carbocycles. The van der Waals surface area contributed by atoms with E-state index < -0.39 is 36.0 Å². The van der Waals surface area contributed by atoms with Gasteiger partial charge in [-0.15, -0.1) is 0 Å². The third-order valence-corrected chi connectivity index (χ3v) is 8.43. The summed E-state index contributed by atoms with van der Waals surface area (Å²) in [6.45, 7) is 0. The molecular formula is C27H30F4N6O3. The SMILES string of the molecule is NC(=O)c1nonc1[C@@H](c1nc2ccc([C@H](NC(=O)CC3CC(F)(F)C3)C3CC3)cc2[nH]1)[C@H]1CCCC(F)(F)C1. The minimum atomic E-state index is -2.87. The summed E-state index contributed by atoms with van der Waals surface area (Å²) in [6.07, 6.45) is 1.57. The number of benzene rings is 1. The highest BCUT2D eigenvalue weighted by molar-refractivity contribution is 5.92. The first-order valence-electron chi connectivity index (χ1n) is 13.6. The summed E-state index contributed by atoms with van der Waals surface area (Å²) < 4.78 is 60.1. The summed E-state index contributed by atoms with van der Waals surface area (Å²) >= 11 is 0. The number of alkyl halides is 4. The van der Waals surface area contributed by atoms with Gasteiger partial charge in [0, 0.05) is 32.1 Å². The van der Waals surface area contributed by atoms with Crippen molar-refractivity contribution in [3.63, 3.8) is 0 Å². The predicted octanol–water partition coefficient (Wildman–Crippen LogP) is 5.00. The molecule has 3 aliphatic rings. The Labute approximate surface area is 226 Å². The lowest BCUT2D eigenvalue weighted by atomic mass is 9.76. The predicted molar refractivity (Wildman–Crippen MR) is 134 cm³/mol. The average molecular weight is 563 g/mol. The van der Waals surface area contributed by atoms with Gasteiger partial charge in [0.15, 0.2) is 5.69 Å².